The highest BCUT2D eigenvalue weighted by atomic mass is 32.2. The van der Waals surface area contributed by atoms with E-state index in [-0.39, 0.29) is 0 Å². The van der Waals surface area contributed by atoms with E-state index in [1.165, 1.54) is 42.3 Å². The molecular weight excluding hydrogens is 230 g/mol. The molecule has 3 heteroatoms. The maximum atomic E-state index is 5.36. The Morgan fingerprint density at radius 3 is 2.59 bits per heavy atom. The standard InChI is InChI=1S/C14H21NOS/c1-13-3-5-14(6-4-13)17-12-2-7-15-8-10-16-11-9-15/h3-6H,2,7-12H2,1H3/p+1. The van der Waals surface area contributed by atoms with E-state index in [4.69, 9.17) is 4.74 Å². The fraction of sp³-hybridized carbons (Fsp3) is 0.571. The van der Waals surface area contributed by atoms with Crippen molar-refractivity contribution >= 4 is 11.8 Å². The predicted molar refractivity (Wildman–Crippen MR) is 72.9 cm³/mol. The number of ether oxygens (including phenoxy) is 1. The fourth-order valence-electron chi connectivity index (χ4n) is 2.06. The third kappa shape index (κ3) is 4.70. The van der Waals surface area contributed by atoms with Crippen molar-refractivity contribution in [1.82, 2.24) is 0 Å². The van der Waals surface area contributed by atoms with Crippen LogP contribution in [0.1, 0.15) is 12.0 Å². The van der Waals surface area contributed by atoms with Crippen LogP contribution in [0.5, 0.6) is 0 Å². The Morgan fingerprint density at radius 2 is 1.88 bits per heavy atom. The van der Waals surface area contributed by atoms with Crippen LogP contribution >= 0.6 is 11.8 Å². The van der Waals surface area contributed by atoms with Crippen molar-refractivity contribution in [3.8, 4) is 0 Å². The molecule has 1 aliphatic rings. The smallest absolute Gasteiger partial charge is 0.101 e. The van der Waals surface area contributed by atoms with Gasteiger partial charge in [0.05, 0.1) is 19.8 Å². The van der Waals surface area contributed by atoms with E-state index < -0.39 is 0 Å². The van der Waals surface area contributed by atoms with Gasteiger partial charge >= 0.3 is 0 Å². The van der Waals surface area contributed by atoms with Crippen LogP contribution in [0.25, 0.3) is 0 Å². The molecule has 0 aliphatic carbocycles. The van der Waals surface area contributed by atoms with Crippen molar-refractivity contribution in [2.75, 3.05) is 38.6 Å². The summed E-state index contributed by atoms with van der Waals surface area (Å²) in [6.07, 6.45) is 1.30. The van der Waals surface area contributed by atoms with Crippen LogP contribution < -0.4 is 4.90 Å². The lowest BCUT2D eigenvalue weighted by molar-refractivity contribution is -0.908. The van der Waals surface area contributed by atoms with Gasteiger partial charge in [-0.05, 0) is 19.1 Å². The summed E-state index contributed by atoms with van der Waals surface area (Å²) in [4.78, 5) is 3.10. The van der Waals surface area contributed by atoms with Gasteiger partial charge in [0.2, 0.25) is 0 Å². The normalized spacial score (nSPS) is 17.2. The molecule has 94 valence electrons. The maximum Gasteiger partial charge on any atom is 0.101 e. The van der Waals surface area contributed by atoms with Gasteiger partial charge in [-0.15, -0.1) is 11.8 Å². The van der Waals surface area contributed by atoms with Crippen molar-refractivity contribution in [2.45, 2.75) is 18.2 Å². The number of thioether (sulfide) groups is 1. The van der Waals surface area contributed by atoms with Crippen LogP contribution in [0, 0.1) is 6.92 Å². The molecule has 0 bridgehead atoms. The van der Waals surface area contributed by atoms with Crippen molar-refractivity contribution in [1.29, 1.82) is 0 Å². The predicted octanol–water partition coefficient (Wildman–Crippen LogP) is 1.39. The second-order valence-electron chi connectivity index (χ2n) is 4.63. The van der Waals surface area contributed by atoms with Crippen LogP contribution in [0.2, 0.25) is 0 Å². The van der Waals surface area contributed by atoms with Crippen LogP contribution in [-0.2, 0) is 4.74 Å². The second-order valence-corrected chi connectivity index (χ2v) is 5.80. The van der Waals surface area contributed by atoms with E-state index in [0.717, 1.165) is 13.2 Å². The first-order valence-electron chi connectivity index (χ1n) is 6.45. The van der Waals surface area contributed by atoms with Gasteiger partial charge in [-0.2, -0.15) is 0 Å². The number of aryl methyl sites for hydroxylation is 1. The van der Waals surface area contributed by atoms with Gasteiger partial charge in [-0.25, -0.2) is 0 Å². The Bertz CT molecular complexity index is 319. The molecule has 1 saturated heterocycles. The Morgan fingerprint density at radius 1 is 1.18 bits per heavy atom. The first-order valence-corrected chi connectivity index (χ1v) is 7.44. The van der Waals surface area contributed by atoms with Crippen LogP contribution in [-0.4, -0.2) is 38.6 Å². The summed E-state index contributed by atoms with van der Waals surface area (Å²) in [7, 11) is 0. The number of benzene rings is 1. The van der Waals surface area contributed by atoms with Crippen molar-refractivity contribution in [3.63, 3.8) is 0 Å². The topological polar surface area (TPSA) is 13.7 Å². The van der Waals surface area contributed by atoms with Gasteiger partial charge in [0.15, 0.2) is 0 Å². The highest BCUT2D eigenvalue weighted by molar-refractivity contribution is 7.99. The molecular formula is C14H22NOS+. The number of nitrogens with one attached hydrogen (secondary N) is 1. The minimum Gasteiger partial charge on any atom is -0.370 e. The van der Waals surface area contributed by atoms with Gasteiger partial charge in [0.25, 0.3) is 0 Å². The minimum atomic E-state index is 0.945. The average Bonchev–Trinajstić information content (AvgIpc) is 2.38. The average molecular weight is 252 g/mol. The zero-order chi connectivity index (χ0) is 11.9. The third-order valence-corrected chi connectivity index (χ3v) is 4.26. The van der Waals surface area contributed by atoms with E-state index in [1.54, 1.807) is 4.90 Å². The zero-order valence-corrected chi connectivity index (χ0v) is 11.4. The molecule has 2 nitrogen and oxygen atoms in total. The molecule has 1 aliphatic heterocycles. The lowest BCUT2D eigenvalue weighted by Crippen LogP contribution is -3.14. The summed E-state index contributed by atoms with van der Waals surface area (Å²) >= 11 is 1.97. The molecule has 17 heavy (non-hydrogen) atoms. The molecule has 1 heterocycles. The summed E-state index contributed by atoms with van der Waals surface area (Å²) in [5.74, 6) is 1.23. The Balaban J connectivity index is 1.60. The summed E-state index contributed by atoms with van der Waals surface area (Å²) in [5.41, 5.74) is 1.34. The third-order valence-electron chi connectivity index (χ3n) is 3.16. The first-order chi connectivity index (χ1) is 8.34. The number of morpholine rings is 1. The number of hydrogen-bond acceptors (Lipinski definition) is 2. The first kappa shape index (κ1) is 12.9. The Hall–Kier alpha value is -0.510. The van der Waals surface area contributed by atoms with Gasteiger partial charge < -0.3 is 9.64 Å². The van der Waals surface area contributed by atoms with Crippen LogP contribution in [0.3, 0.4) is 0 Å². The molecule has 0 spiro atoms. The number of hydrogen-bond donors (Lipinski definition) is 1. The van der Waals surface area contributed by atoms with Crippen molar-refractivity contribution in [3.05, 3.63) is 29.8 Å². The molecule has 0 saturated carbocycles. The summed E-state index contributed by atoms with van der Waals surface area (Å²) in [5, 5.41) is 0. The van der Waals surface area contributed by atoms with E-state index in [1.807, 2.05) is 11.8 Å². The van der Waals surface area contributed by atoms with Crippen molar-refractivity contribution < 1.29 is 9.64 Å². The Labute approximate surface area is 108 Å². The Kier molecular flexibility index (Phi) is 5.36. The molecule has 1 aromatic rings. The molecule has 0 aromatic heterocycles. The molecule has 0 amide bonds. The van der Waals surface area contributed by atoms with Crippen LogP contribution in [0.4, 0.5) is 0 Å². The molecule has 0 radical (unpaired) electrons. The molecule has 0 atom stereocenters. The summed E-state index contributed by atoms with van der Waals surface area (Å²) in [6, 6.07) is 8.83. The molecule has 1 N–H and O–H groups in total. The molecule has 0 unspecified atom stereocenters. The molecule has 1 fully saturated rings. The van der Waals surface area contributed by atoms with E-state index in [0.29, 0.717) is 0 Å². The van der Waals surface area contributed by atoms with Gasteiger partial charge in [0.1, 0.15) is 13.1 Å². The summed E-state index contributed by atoms with van der Waals surface area (Å²) in [6.45, 7) is 7.70. The lowest BCUT2D eigenvalue weighted by Gasteiger charge is -2.23. The quantitative estimate of drug-likeness (QED) is 0.629. The molecule has 1 aromatic carbocycles. The largest absolute Gasteiger partial charge is 0.370 e. The minimum absolute atomic E-state index is 0.945. The SMILES string of the molecule is Cc1ccc(SCCC[NH+]2CCOCC2)cc1. The lowest BCUT2D eigenvalue weighted by atomic mass is 10.2. The van der Waals surface area contributed by atoms with Crippen LogP contribution in [0.15, 0.2) is 29.2 Å². The van der Waals surface area contributed by atoms with Gasteiger partial charge in [0, 0.05) is 17.1 Å². The van der Waals surface area contributed by atoms with E-state index >= 15 is 0 Å². The monoisotopic (exact) mass is 252 g/mol. The number of rotatable bonds is 5. The fourth-order valence-corrected chi connectivity index (χ4v) is 2.91. The zero-order valence-electron chi connectivity index (χ0n) is 10.6. The molecule has 2 rings (SSSR count). The van der Waals surface area contributed by atoms with Gasteiger partial charge in [-0.3, -0.25) is 0 Å². The van der Waals surface area contributed by atoms with E-state index in [2.05, 4.69) is 31.2 Å². The van der Waals surface area contributed by atoms with E-state index in [9.17, 15) is 0 Å². The highest BCUT2D eigenvalue weighted by Crippen LogP contribution is 2.18. The number of quaternary nitrogens is 1. The van der Waals surface area contributed by atoms with Crippen molar-refractivity contribution in [2.24, 2.45) is 0 Å². The summed E-state index contributed by atoms with van der Waals surface area (Å²) < 4.78 is 5.36. The maximum absolute atomic E-state index is 5.36. The highest BCUT2D eigenvalue weighted by Gasteiger charge is 2.12. The van der Waals surface area contributed by atoms with Gasteiger partial charge in [-0.1, -0.05) is 17.7 Å². The second kappa shape index (κ2) is 7.04.